The lowest BCUT2D eigenvalue weighted by Gasteiger charge is -2.03. The largest absolute Gasteiger partial charge is 0.460 e. The molecule has 0 heterocycles. The average molecular weight is 352 g/mol. The van der Waals surface area contributed by atoms with E-state index in [1.165, 1.54) is 77.0 Å². The first-order chi connectivity index (χ1) is 12.3. The highest BCUT2D eigenvalue weighted by Crippen LogP contribution is 2.45. The number of unbranched alkanes of at least 4 members (excludes halogenated alkanes) is 9. The minimum Gasteiger partial charge on any atom is -0.460 e. The van der Waals surface area contributed by atoms with E-state index >= 15 is 0 Å². The van der Waals surface area contributed by atoms with Crippen LogP contribution < -0.4 is 0 Å². The summed E-state index contributed by atoms with van der Waals surface area (Å²) < 4.78 is 4.76. The predicted octanol–water partition coefficient (Wildman–Crippen LogP) is 6.91. The number of hydrogen-bond donors (Lipinski definition) is 0. The Morgan fingerprint density at radius 2 is 1.52 bits per heavy atom. The van der Waals surface area contributed by atoms with Crippen LogP contribution in [-0.4, -0.2) is 12.7 Å². The molecule has 0 saturated heterocycles. The van der Waals surface area contributed by atoms with Crippen LogP contribution >= 0.6 is 0 Å². The van der Waals surface area contributed by atoms with Crippen molar-refractivity contribution in [1.29, 1.82) is 0 Å². The van der Waals surface area contributed by atoms with E-state index in [-0.39, 0.29) is 12.7 Å². The van der Waals surface area contributed by atoms with E-state index in [1.807, 2.05) is 0 Å². The molecule has 1 saturated carbocycles. The fourth-order valence-electron chi connectivity index (χ4n) is 3.61. The maximum Gasteiger partial charge on any atom is 0.305 e. The van der Waals surface area contributed by atoms with Gasteiger partial charge in [0.05, 0.1) is 0 Å². The average Bonchev–Trinajstić information content (AvgIpc) is 3.35. The van der Waals surface area contributed by atoms with Gasteiger partial charge in [0.2, 0.25) is 0 Å². The fraction of sp³-hybridized carbons (Fsp3) is 0.950. The van der Waals surface area contributed by atoms with Gasteiger partial charge in [-0.1, -0.05) is 89.1 Å². The lowest BCUT2D eigenvalue weighted by atomic mass is 10.0. The number of azide groups is 1. The number of esters is 1. The van der Waals surface area contributed by atoms with Gasteiger partial charge in [0.1, 0.15) is 0 Å². The van der Waals surface area contributed by atoms with Gasteiger partial charge >= 0.3 is 5.97 Å². The van der Waals surface area contributed by atoms with E-state index in [4.69, 9.17) is 10.3 Å². The van der Waals surface area contributed by atoms with Crippen LogP contribution in [0.1, 0.15) is 103 Å². The Bertz CT molecular complexity index is 394. The monoisotopic (exact) mass is 351 g/mol. The van der Waals surface area contributed by atoms with Gasteiger partial charge in [-0.15, -0.1) is 0 Å². The molecule has 0 aromatic carbocycles. The molecule has 2 unspecified atom stereocenters. The Balaban J connectivity index is 1.79. The van der Waals surface area contributed by atoms with Crippen molar-refractivity contribution in [2.75, 3.05) is 6.73 Å². The van der Waals surface area contributed by atoms with Crippen LogP contribution in [0, 0.1) is 11.8 Å². The zero-order chi connectivity index (χ0) is 18.2. The normalized spacial score (nSPS) is 18.6. The first kappa shape index (κ1) is 21.8. The van der Waals surface area contributed by atoms with E-state index < -0.39 is 0 Å². The molecule has 0 aliphatic heterocycles. The van der Waals surface area contributed by atoms with E-state index in [2.05, 4.69) is 16.9 Å². The van der Waals surface area contributed by atoms with Gasteiger partial charge in [-0.2, -0.15) is 0 Å². The highest BCUT2D eigenvalue weighted by molar-refractivity contribution is 5.69. The van der Waals surface area contributed by atoms with Crippen LogP contribution in [-0.2, 0) is 9.53 Å². The molecule has 2 atom stereocenters. The van der Waals surface area contributed by atoms with Gasteiger partial charge < -0.3 is 4.74 Å². The third-order valence-electron chi connectivity index (χ3n) is 5.30. The van der Waals surface area contributed by atoms with Gasteiger partial charge in [-0.3, -0.25) is 4.79 Å². The Morgan fingerprint density at radius 3 is 2.12 bits per heavy atom. The van der Waals surface area contributed by atoms with Gasteiger partial charge in [-0.25, -0.2) is 0 Å². The van der Waals surface area contributed by atoms with Gasteiger partial charge in [-0.05, 0) is 30.2 Å². The molecule has 0 radical (unpaired) electrons. The molecule has 5 heteroatoms. The highest BCUT2D eigenvalue weighted by atomic mass is 16.5. The summed E-state index contributed by atoms with van der Waals surface area (Å²) in [6, 6.07) is 0. The van der Waals surface area contributed by atoms with Gasteiger partial charge in [0, 0.05) is 11.3 Å². The molecule has 25 heavy (non-hydrogen) atoms. The minimum absolute atomic E-state index is 0.184. The summed E-state index contributed by atoms with van der Waals surface area (Å²) in [5.41, 5.74) is 8.08. The molecule has 0 bridgehead atoms. The number of rotatable bonds is 17. The first-order valence-electron chi connectivity index (χ1n) is 10.4. The van der Waals surface area contributed by atoms with Gasteiger partial charge in [0.25, 0.3) is 0 Å². The second kappa shape index (κ2) is 15.1. The van der Waals surface area contributed by atoms with Crippen molar-refractivity contribution in [1.82, 2.24) is 0 Å². The summed E-state index contributed by atoms with van der Waals surface area (Å²) in [6.07, 6.45) is 19.1. The molecule has 1 fully saturated rings. The quantitative estimate of drug-likeness (QED) is 0.0937. The zero-order valence-corrected chi connectivity index (χ0v) is 16.1. The Hall–Kier alpha value is -1.22. The molecule has 0 spiro atoms. The maximum absolute atomic E-state index is 11.3. The number of nitrogens with zero attached hydrogens (tertiary/aromatic N) is 3. The fourth-order valence-corrected chi connectivity index (χ4v) is 3.61. The Labute approximate surface area is 153 Å². The van der Waals surface area contributed by atoms with Crippen molar-refractivity contribution in [3.8, 4) is 0 Å². The smallest absolute Gasteiger partial charge is 0.305 e. The van der Waals surface area contributed by atoms with Crippen LogP contribution in [0.15, 0.2) is 5.11 Å². The maximum atomic E-state index is 11.3. The second-order valence-corrected chi connectivity index (χ2v) is 7.50. The molecule has 0 N–H and O–H groups in total. The number of hydrogen-bond acceptors (Lipinski definition) is 3. The van der Waals surface area contributed by atoms with Crippen LogP contribution in [0.4, 0.5) is 0 Å². The first-order valence-corrected chi connectivity index (χ1v) is 10.4. The van der Waals surface area contributed by atoms with Crippen molar-refractivity contribution >= 4 is 5.97 Å². The number of ether oxygens (including phenoxy) is 1. The molecule has 144 valence electrons. The van der Waals surface area contributed by atoms with Crippen molar-refractivity contribution in [3.05, 3.63) is 10.4 Å². The third-order valence-corrected chi connectivity index (χ3v) is 5.30. The zero-order valence-electron chi connectivity index (χ0n) is 16.1. The summed E-state index contributed by atoms with van der Waals surface area (Å²) in [6.45, 7) is 2.09. The third kappa shape index (κ3) is 12.7. The lowest BCUT2D eigenvalue weighted by molar-refractivity contribution is -0.143. The van der Waals surface area contributed by atoms with Crippen molar-refractivity contribution in [2.24, 2.45) is 17.0 Å². The minimum atomic E-state index is -0.261. The van der Waals surface area contributed by atoms with Crippen molar-refractivity contribution in [3.63, 3.8) is 0 Å². The van der Waals surface area contributed by atoms with E-state index in [0.29, 0.717) is 6.42 Å². The van der Waals surface area contributed by atoms with E-state index in [1.54, 1.807) is 0 Å². The summed E-state index contributed by atoms with van der Waals surface area (Å²) in [5, 5.41) is 3.18. The van der Waals surface area contributed by atoms with Crippen LogP contribution in [0.5, 0.6) is 0 Å². The summed E-state index contributed by atoms with van der Waals surface area (Å²) in [7, 11) is 0. The molecule has 1 aliphatic carbocycles. The molecule has 5 nitrogen and oxygen atoms in total. The summed E-state index contributed by atoms with van der Waals surface area (Å²) in [5.74, 6) is 1.80. The van der Waals surface area contributed by atoms with Crippen molar-refractivity contribution in [2.45, 2.75) is 103 Å². The lowest BCUT2D eigenvalue weighted by Crippen LogP contribution is -2.03. The van der Waals surface area contributed by atoms with Crippen molar-refractivity contribution < 1.29 is 9.53 Å². The Kier molecular flexibility index (Phi) is 13.2. The van der Waals surface area contributed by atoms with Crippen LogP contribution in [0.25, 0.3) is 10.4 Å². The number of carbonyl (C=O) groups excluding carboxylic acids is 1. The van der Waals surface area contributed by atoms with E-state index in [9.17, 15) is 4.79 Å². The molecular formula is C20H37N3O2. The molecule has 0 amide bonds. The molecule has 0 aromatic heterocycles. The summed E-state index contributed by atoms with van der Waals surface area (Å²) in [4.78, 5) is 13.8. The number of carbonyl (C=O) groups is 1. The second-order valence-electron chi connectivity index (χ2n) is 7.50. The topological polar surface area (TPSA) is 75.1 Å². The molecule has 1 rings (SSSR count). The van der Waals surface area contributed by atoms with E-state index in [0.717, 1.165) is 24.7 Å². The summed E-state index contributed by atoms with van der Waals surface area (Å²) >= 11 is 0. The predicted molar refractivity (Wildman–Crippen MR) is 102 cm³/mol. The van der Waals surface area contributed by atoms with Gasteiger partial charge in [0.15, 0.2) is 6.73 Å². The molecular weight excluding hydrogens is 314 g/mol. The standard InChI is InChI=1S/C20H37N3O2/c1-2-3-4-5-7-10-13-18-16-19(18)14-11-8-6-9-12-15-20(24)25-17-22-23-21/h18-19H,2-17H2,1H3. The molecule has 0 aromatic rings. The van der Waals surface area contributed by atoms with Crippen LogP contribution in [0.3, 0.4) is 0 Å². The molecule has 1 aliphatic rings. The Morgan fingerprint density at radius 1 is 0.960 bits per heavy atom. The highest BCUT2D eigenvalue weighted by Gasteiger charge is 2.34. The SMILES string of the molecule is CCCCCCCCC1CC1CCCCCCCC(=O)OCN=[N+]=[N-]. The van der Waals surface area contributed by atoms with Crippen LogP contribution in [0.2, 0.25) is 0 Å².